The molecule has 29 heavy (non-hydrogen) atoms. The van der Waals surface area contributed by atoms with Crippen molar-refractivity contribution in [2.24, 2.45) is 0 Å². The molecule has 0 radical (unpaired) electrons. The summed E-state index contributed by atoms with van der Waals surface area (Å²) in [5.41, 5.74) is 3.63. The van der Waals surface area contributed by atoms with Gasteiger partial charge in [0.1, 0.15) is 4.83 Å². The number of H-pyrrole nitrogens is 1. The first kappa shape index (κ1) is 18.5. The van der Waals surface area contributed by atoms with Crippen LogP contribution in [0.1, 0.15) is 21.6 Å². The molecule has 3 heterocycles. The van der Waals surface area contributed by atoms with Gasteiger partial charge >= 0.3 is 0 Å². The second kappa shape index (κ2) is 7.71. The highest BCUT2D eigenvalue weighted by atomic mass is 32.1. The van der Waals surface area contributed by atoms with Gasteiger partial charge in [0.25, 0.3) is 5.56 Å². The molecule has 0 fully saturated rings. The second-order valence-electron chi connectivity index (χ2n) is 7.46. The van der Waals surface area contributed by atoms with Gasteiger partial charge in [-0.2, -0.15) is 0 Å². The third-order valence-corrected chi connectivity index (χ3v) is 6.95. The fourth-order valence-electron chi connectivity index (χ4n) is 4.05. The van der Waals surface area contributed by atoms with Crippen LogP contribution in [0.2, 0.25) is 0 Å². The highest BCUT2D eigenvalue weighted by Gasteiger charge is 2.24. The topological polar surface area (TPSA) is 41.0 Å². The minimum absolute atomic E-state index is 0.0293. The lowest BCUT2D eigenvalue weighted by molar-refractivity contribution is 0.249. The van der Waals surface area contributed by atoms with Gasteiger partial charge in [-0.3, -0.25) is 14.3 Å². The molecule has 146 valence electrons. The minimum atomic E-state index is 0.0293. The molecule has 0 atom stereocenters. The van der Waals surface area contributed by atoms with Gasteiger partial charge in [-0.05, 0) is 35.3 Å². The first-order valence-corrected chi connectivity index (χ1v) is 11.0. The predicted molar refractivity (Wildman–Crippen MR) is 121 cm³/mol. The van der Waals surface area contributed by atoms with Crippen molar-refractivity contribution in [1.29, 1.82) is 0 Å². The number of nitrogens with one attached hydrogen (secondary N) is 1. The van der Waals surface area contributed by atoms with E-state index in [0.717, 1.165) is 41.8 Å². The Labute approximate surface area is 178 Å². The summed E-state index contributed by atoms with van der Waals surface area (Å²) in [4.78, 5) is 21.3. The van der Waals surface area contributed by atoms with E-state index in [4.69, 9.17) is 12.2 Å². The number of hydrogen-bond donors (Lipinski definition) is 1. The third kappa shape index (κ3) is 3.59. The molecule has 1 aliphatic heterocycles. The number of hydrogen-bond acceptors (Lipinski definition) is 4. The predicted octanol–water partition coefficient (Wildman–Crippen LogP) is 4.73. The van der Waals surface area contributed by atoms with E-state index in [1.165, 1.54) is 16.0 Å². The van der Waals surface area contributed by atoms with E-state index in [2.05, 4.69) is 34.1 Å². The van der Waals surface area contributed by atoms with Gasteiger partial charge in [-0.1, -0.05) is 60.7 Å². The monoisotopic (exact) mass is 419 g/mol. The fourth-order valence-corrected chi connectivity index (χ4v) is 5.64. The first-order valence-electron chi connectivity index (χ1n) is 9.76. The van der Waals surface area contributed by atoms with Crippen LogP contribution in [-0.2, 0) is 26.1 Å². The Balaban J connectivity index is 1.50. The molecule has 0 saturated carbocycles. The maximum absolute atomic E-state index is 13.3. The Morgan fingerprint density at radius 2 is 1.62 bits per heavy atom. The van der Waals surface area contributed by atoms with E-state index < -0.39 is 0 Å². The molecule has 5 rings (SSSR count). The van der Waals surface area contributed by atoms with Crippen LogP contribution in [0.5, 0.6) is 0 Å². The SMILES string of the molecule is O=c1c2c3c(sc2[nH]c(=S)n1Cc1ccccc1)CN(Cc1ccccc1)CC3. The van der Waals surface area contributed by atoms with Crippen LogP contribution in [0.3, 0.4) is 0 Å². The minimum Gasteiger partial charge on any atom is -0.323 e. The van der Waals surface area contributed by atoms with Gasteiger partial charge in [0, 0.05) is 24.5 Å². The summed E-state index contributed by atoms with van der Waals surface area (Å²) in [6.07, 6.45) is 0.896. The van der Waals surface area contributed by atoms with Gasteiger partial charge in [-0.15, -0.1) is 11.3 Å². The van der Waals surface area contributed by atoms with Crippen LogP contribution in [0.4, 0.5) is 0 Å². The van der Waals surface area contributed by atoms with E-state index in [1.807, 2.05) is 36.4 Å². The molecule has 0 aliphatic carbocycles. The van der Waals surface area contributed by atoms with Crippen molar-refractivity contribution in [2.75, 3.05) is 6.54 Å². The second-order valence-corrected chi connectivity index (χ2v) is 8.95. The highest BCUT2D eigenvalue weighted by molar-refractivity contribution is 7.71. The van der Waals surface area contributed by atoms with Crippen molar-refractivity contribution in [3.63, 3.8) is 0 Å². The van der Waals surface area contributed by atoms with Gasteiger partial charge < -0.3 is 4.98 Å². The van der Waals surface area contributed by atoms with Crippen molar-refractivity contribution < 1.29 is 0 Å². The normalized spacial score (nSPS) is 14.2. The molecule has 0 amide bonds. The zero-order valence-corrected chi connectivity index (χ0v) is 17.6. The largest absolute Gasteiger partial charge is 0.323 e. The molecule has 0 unspecified atom stereocenters. The molecule has 0 spiro atoms. The molecule has 4 aromatic rings. The number of fused-ring (bicyclic) bond motifs is 3. The van der Waals surface area contributed by atoms with Crippen molar-refractivity contribution >= 4 is 33.8 Å². The number of aromatic nitrogens is 2. The number of aromatic amines is 1. The van der Waals surface area contributed by atoms with Crippen LogP contribution in [-0.4, -0.2) is 21.0 Å². The van der Waals surface area contributed by atoms with Gasteiger partial charge in [0.05, 0.1) is 11.9 Å². The van der Waals surface area contributed by atoms with Crippen LogP contribution < -0.4 is 5.56 Å². The van der Waals surface area contributed by atoms with E-state index >= 15 is 0 Å². The van der Waals surface area contributed by atoms with Crippen molar-refractivity contribution in [2.45, 2.75) is 26.1 Å². The van der Waals surface area contributed by atoms with Crippen molar-refractivity contribution in [3.8, 4) is 0 Å². The third-order valence-electron chi connectivity index (χ3n) is 5.49. The summed E-state index contributed by atoms with van der Waals surface area (Å²) in [5, 5.41) is 0.828. The zero-order valence-electron chi connectivity index (χ0n) is 15.9. The average molecular weight is 420 g/mol. The van der Waals surface area contributed by atoms with Crippen LogP contribution in [0.25, 0.3) is 10.2 Å². The quantitative estimate of drug-likeness (QED) is 0.486. The smallest absolute Gasteiger partial charge is 0.263 e. The molecule has 0 bridgehead atoms. The van der Waals surface area contributed by atoms with Crippen LogP contribution in [0.15, 0.2) is 65.5 Å². The molecule has 0 saturated heterocycles. The standard InChI is InChI=1S/C23H21N3OS2/c27-22-20-18-11-12-25(13-16-7-3-1-4-8-16)15-19(18)29-21(20)24-23(28)26(22)14-17-9-5-2-6-10-17/h1-10H,11-15H2,(H,24,28). The lowest BCUT2D eigenvalue weighted by Gasteiger charge is -2.26. The Morgan fingerprint density at radius 3 is 2.31 bits per heavy atom. The summed E-state index contributed by atoms with van der Waals surface area (Å²) in [7, 11) is 0. The van der Waals surface area contributed by atoms with Crippen LogP contribution in [0, 0.1) is 4.77 Å². The highest BCUT2D eigenvalue weighted by Crippen LogP contribution is 2.33. The molecular weight excluding hydrogens is 398 g/mol. The number of benzene rings is 2. The van der Waals surface area contributed by atoms with E-state index in [1.54, 1.807) is 15.9 Å². The maximum Gasteiger partial charge on any atom is 0.263 e. The van der Waals surface area contributed by atoms with Gasteiger partial charge in [-0.25, -0.2) is 0 Å². The number of thiophene rings is 1. The number of nitrogens with zero attached hydrogens (tertiary/aromatic N) is 2. The summed E-state index contributed by atoms with van der Waals surface area (Å²) in [5.74, 6) is 0. The van der Waals surface area contributed by atoms with Crippen molar-refractivity contribution in [1.82, 2.24) is 14.5 Å². The zero-order chi connectivity index (χ0) is 19.8. The van der Waals surface area contributed by atoms with Gasteiger partial charge in [0.15, 0.2) is 4.77 Å². The molecule has 4 nitrogen and oxygen atoms in total. The van der Waals surface area contributed by atoms with Crippen molar-refractivity contribution in [3.05, 3.63) is 97.4 Å². The average Bonchev–Trinajstić information content (AvgIpc) is 3.10. The van der Waals surface area contributed by atoms with E-state index in [0.29, 0.717) is 11.3 Å². The summed E-state index contributed by atoms with van der Waals surface area (Å²) >= 11 is 7.20. The Morgan fingerprint density at radius 1 is 0.966 bits per heavy atom. The summed E-state index contributed by atoms with van der Waals surface area (Å²) < 4.78 is 2.18. The lowest BCUT2D eigenvalue weighted by Crippen LogP contribution is -2.30. The molecule has 2 aromatic heterocycles. The van der Waals surface area contributed by atoms with Crippen LogP contribution >= 0.6 is 23.6 Å². The summed E-state index contributed by atoms with van der Waals surface area (Å²) in [6, 6.07) is 20.5. The van der Waals surface area contributed by atoms with Gasteiger partial charge in [0.2, 0.25) is 0 Å². The molecule has 1 N–H and O–H groups in total. The summed E-state index contributed by atoms with van der Waals surface area (Å²) in [6.45, 7) is 3.27. The molecule has 2 aromatic carbocycles. The fraction of sp³-hybridized carbons (Fsp3) is 0.217. The molecule has 6 heteroatoms. The Hall–Kier alpha value is -2.54. The first-order chi connectivity index (χ1) is 14.2. The molecule has 1 aliphatic rings. The van der Waals surface area contributed by atoms with E-state index in [9.17, 15) is 4.79 Å². The Bertz CT molecular complexity index is 1270. The maximum atomic E-state index is 13.3. The van der Waals surface area contributed by atoms with E-state index in [-0.39, 0.29) is 5.56 Å². The number of rotatable bonds is 4. The Kier molecular flexibility index (Phi) is 4.91. The molecular formula is C23H21N3OS2. The lowest BCUT2D eigenvalue weighted by atomic mass is 10.0.